The highest BCUT2D eigenvalue weighted by atomic mass is 16.6. The number of hydrogen-bond donors (Lipinski definition) is 2. The molecule has 2 atom stereocenters. The molecule has 0 spiro atoms. The van der Waals surface area contributed by atoms with Gasteiger partial charge in [-0.2, -0.15) is 0 Å². The highest BCUT2D eigenvalue weighted by Crippen LogP contribution is 2.27. The van der Waals surface area contributed by atoms with Crippen molar-refractivity contribution in [2.45, 2.75) is 91.8 Å². The lowest BCUT2D eigenvalue weighted by molar-refractivity contribution is -0.142. The molecular weight excluding hydrogens is 478 g/mol. The molecule has 0 fully saturated rings. The molecule has 2 N–H and O–H groups in total. The molecule has 0 saturated heterocycles. The van der Waals surface area contributed by atoms with E-state index in [-0.39, 0.29) is 18.2 Å². The molecule has 38 heavy (non-hydrogen) atoms. The quantitative estimate of drug-likeness (QED) is 0.353. The van der Waals surface area contributed by atoms with Gasteiger partial charge in [-0.1, -0.05) is 68.3 Å². The van der Waals surface area contributed by atoms with E-state index in [0.717, 1.165) is 41.5 Å². The van der Waals surface area contributed by atoms with E-state index in [2.05, 4.69) is 17.6 Å². The maximum Gasteiger partial charge on any atom is 0.408 e. The van der Waals surface area contributed by atoms with E-state index in [4.69, 9.17) is 4.74 Å². The van der Waals surface area contributed by atoms with Gasteiger partial charge in [-0.3, -0.25) is 9.59 Å². The highest BCUT2D eigenvalue weighted by molar-refractivity contribution is 5.92. The number of amides is 3. The number of carbonyl (C=O) groups excluding carboxylic acids is 3. The summed E-state index contributed by atoms with van der Waals surface area (Å²) in [6.45, 7) is 14.1. The number of nitrogens with zero attached hydrogens (tertiary/aromatic N) is 1. The number of rotatable bonds is 12. The molecule has 2 rings (SSSR count). The second-order valence-electron chi connectivity index (χ2n) is 10.7. The van der Waals surface area contributed by atoms with Crippen molar-refractivity contribution in [1.29, 1.82) is 0 Å². The van der Waals surface area contributed by atoms with Crippen molar-refractivity contribution in [2.75, 3.05) is 13.1 Å². The van der Waals surface area contributed by atoms with E-state index < -0.39 is 23.8 Å². The molecule has 0 aliphatic heterocycles. The van der Waals surface area contributed by atoms with E-state index in [1.54, 1.807) is 25.7 Å². The Morgan fingerprint density at radius 3 is 2.24 bits per heavy atom. The molecule has 0 heterocycles. The summed E-state index contributed by atoms with van der Waals surface area (Å²) in [4.78, 5) is 42.1. The average molecular weight is 524 g/mol. The van der Waals surface area contributed by atoms with Crippen LogP contribution in [0.4, 0.5) is 4.79 Å². The van der Waals surface area contributed by atoms with Gasteiger partial charge in [0.2, 0.25) is 11.8 Å². The Morgan fingerprint density at radius 1 is 0.947 bits per heavy atom. The maximum absolute atomic E-state index is 14.1. The first-order chi connectivity index (χ1) is 18.0. The molecule has 0 bridgehead atoms. The maximum atomic E-state index is 14.1. The van der Waals surface area contributed by atoms with Crippen LogP contribution in [0.5, 0.6) is 0 Å². The molecule has 208 valence electrons. The van der Waals surface area contributed by atoms with Crippen LogP contribution in [0, 0.1) is 13.8 Å². The summed E-state index contributed by atoms with van der Waals surface area (Å²) in [7, 11) is 0. The lowest BCUT2D eigenvalue weighted by Crippen LogP contribution is -2.54. The molecule has 0 saturated carbocycles. The smallest absolute Gasteiger partial charge is 0.408 e. The van der Waals surface area contributed by atoms with Gasteiger partial charge in [0.1, 0.15) is 17.7 Å². The summed E-state index contributed by atoms with van der Waals surface area (Å²) in [5.74, 6) is -0.558. The van der Waals surface area contributed by atoms with Crippen LogP contribution >= 0.6 is 0 Å². The average Bonchev–Trinajstić information content (AvgIpc) is 2.85. The van der Waals surface area contributed by atoms with Gasteiger partial charge < -0.3 is 20.3 Å². The van der Waals surface area contributed by atoms with E-state index >= 15 is 0 Å². The monoisotopic (exact) mass is 523 g/mol. The van der Waals surface area contributed by atoms with Crippen LogP contribution in [0.2, 0.25) is 0 Å². The Kier molecular flexibility index (Phi) is 11.8. The van der Waals surface area contributed by atoms with Crippen molar-refractivity contribution < 1.29 is 19.1 Å². The Bertz CT molecular complexity index is 1060. The Balaban J connectivity index is 2.46. The van der Waals surface area contributed by atoms with Crippen molar-refractivity contribution in [3.05, 3.63) is 70.8 Å². The number of hydrogen-bond acceptors (Lipinski definition) is 4. The third-order valence-electron chi connectivity index (χ3n) is 6.48. The molecule has 2 aromatic carbocycles. The molecule has 7 heteroatoms. The number of benzene rings is 2. The molecule has 0 aliphatic rings. The molecule has 3 amide bonds. The third-order valence-corrected chi connectivity index (χ3v) is 6.48. The van der Waals surface area contributed by atoms with Gasteiger partial charge >= 0.3 is 6.09 Å². The first kappa shape index (κ1) is 30.9. The fraction of sp³-hybridized carbons (Fsp3) is 0.516. The van der Waals surface area contributed by atoms with Gasteiger partial charge in [0.05, 0.1) is 0 Å². The molecule has 0 radical (unpaired) electrons. The van der Waals surface area contributed by atoms with E-state index in [1.807, 2.05) is 69.3 Å². The number of nitrogens with one attached hydrogen (secondary N) is 2. The molecule has 2 unspecified atom stereocenters. The Labute approximate surface area is 228 Å². The van der Waals surface area contributed by atoms with Crippen LogP contribution in [0.25, 0.3) is 0 Å². The summed E-state index contributed by atoms with van der Waals surface area (Å²) in [5, 5.41) is 5.83. The number of carbonyl (C=O) groups is 3. The van der Waals surface area contributed by atoms with Crippen LogP contribution in [-0.4, -0.2) is 47.5 Å². The minimum atomic E-state index is -0.910. The van der Waals surface area contributed by atoms with E-state index in [9.17, 15) is 14.4 Å². The summed E-state index contributed by atoms with van der Waals surface area (Å²) in [5.41, 5.74) is 2.97. The molecule has 2 aromatic rings. The lowest BCUT2D eigenvalue weighted by Gasteiger charge is -2.34. The zero-order valence-corrected chi connectivity index (χ0v) is 24.1. The van der Waals surface area contributed by atoms with Crippen LogP contribution in [0.3, 0.4) is 0 Å². The van der Waals surface area contributed by atoms with Gasteiger partial charge in [0.15, 0.2) is 0 Å². The van der Waals surface area contributed by atoms with Crippen LogP contribution in [0.15, 0.2) is 48.5 Å². The van der Waals surface area contributed by atoms with Gasteiger partial charge in [-0.25, -0.2) is 4.79 Å². The highest BCUT2D eigenvalue weighted by Gasteiger charge is 2.36. The second-order valence-corrected chi connectivity index (χ2v) is 10.7. The van der Waals surface area contributed by atoms with Gasteiger partial charge in [-0.05, 0) is 70.2 Å². The summed E-state index contributed by atoms with van der Waals surface area (Å²) >= 11 is 0. The number of alkyl carbamates (subject to hydrolysis) is 1. The Hall–Kier alpha value is -3.35. The normalized spacial score (nSPS) is 12.8. The lowest BCUT2D eigenvalue weighted by atomic mass is 9.94. The second kappa shape index (κ2) is 14.6. The van der Waals surface area contributed by atoms with Crippen molar-refractivity contribution in [3.63, 3.8) is 0 Å². The van der Waals surface area contributed by atoms with Gasteiger partial charge in [0.25, 0.3) is 0 Å². The molecule has 0 aliphatic carbocycles. The van der Waals surface area contributed by atoms with Crippen molar-refractivity contribution in [1.82, 2.24) is 15.5 Å². The SMILES string of the molecule is CCCCCNC(=O)C(c1cccc(C)c1C)N(CC)C(=O)C(Cc1ccccc1)NC(=O)OC(C)(C)C. The number of unbranched alkanes of at least 4 members (excludes halogenated alkanes) is 2. The molecule has 7 nitrogen and oxygen atoms in total. The standard InChI is InChI=1S/C31H45N3O4/c1-8-10-14-20-32-28(35)27(25-19-15-16-22(3)23(25)4)34(9-2)29(36)26(21-24-17-12-11-13-18-24)33-30(37)38-31(5,6)7/h11-13,15-19,26-27H,8-10,14,20-21H2,1-7H3,(H,32,35)(H,33,37). The van der Waals surface area contributed by atoms with Crippen LogP contribution < -0.4 is 10.6 Å². The number of ether oxygens (including phenoxy) is 1. The predicted octanol–water partition coefficient (Wildman–Crippen LogP) is 5.64. The Morgan fingerprint density at radius 2 is 1.63 bits per heavy atom. The van der Waals surface area contributed by atoms with Crippen molar-refractivity contribution in [2.24, 2.45) is 0 Å². The minimum absolute atomic E-state index is 0.222. The first-order valence-corrected chi connectivity index (χ1v) is 13.7. The van der Waals surface area contributed by atoms with Crippen LogP contribution in [-0.2, 0) is 20.7 Å². The zero-order valence-electron chi connectivity index (χ0n) is 24.1. The molecular formula is C31H45N3O4. The minimum Gasteiger partial charge on any atom is -0.444 e. The van der Waals surface area contributed by atoms with E-state index in [1.165, 1.54) is 0 Å². The van der Waals surface area contributed by atoms with Crippen molar-refractivity contribution in [3.8, 4) is 0 Å². The number of aryl methyl sites for hydroxylation is 1. The summed E-state index contributed by atoms with van der Waals surface area (Å²) < 4.78 is 5.47. The van der Waals surface area contributed by atoms with Crippen molar-refractivity contribution >= 4 is 17.9 Å². The fourth-order valence-electron chi connectivity index (χ4n) is 4.37. The summed E-state index contributed by atoms with van der Waals surface area (Å²) in [6.07, 6.45) is 2.54. The summed E-state index contributed by atoms with van der Waals surface area (Å²) in [6, 6.07) is 13.6. The third kappa shape index (κ3) is 9.19. The predicted molar refractivity (Wildman–Crippen MR) is 152 cm³/mol. The van der Waals surface area contributed by atoms with Crippen LogP contribution in [0.1, 0.15) is 82.2 Å². The first-order valence-electron chi connectivity index (χ1n) is 13.7. The fourth-order valence-corrected chi connectivity index (χ4v) is 4.37. The molecule has 0 aromatic heterocycles. The topological polar surface area (TPSA) is 87.7 Å². The number of likely N-dealkylation sites (N-methyl/N-ethyl adjacent to an activating group) is 1. The van der Waals surface area contributed by atoms with Gasteiger partial charge in [-0.15, -0.1) is 0 Å². The largest absolute Gasteiger partial charge is 0.444 e. The van der Waals surface area contributed by atoms with Gasteiger partial charge in [0, 0.05) is 19.5 Å². The van der Waals surface area contributed by atoms with E-state index in [0.29, 0.717) is 13.1 Å². The zero-order chi connectivity index (χ0) is 28.3.